The molecule has 3 N–H and O–H groups in total. The highest BCUT2D eigenvalue weighted by molar-refractivity contribution is 8.00. The Bertz CT molecular complexity index is 1100. The Balaban J connectivity index is 1.52. The van der Waals surface area contributed by atoms with E-state index in [2.05, 4.69) is 10.6 Å². The maximum atomic E-state index is 12.3. The molecule has 0 saturated heterocycles. The maximum absolute atomic E-state index is 12.3. The molecule has 0 spiro atoms. The summed E-state index contributed by atoms with van der Waals surface area (Å²) in [4.78, 5) is 36.3. The zero-order valence-electron chi connectivity index (χ0n) is 16.3. The number of nitrogens with one attached hydrogen (secondary N) is 2. The number of carboxylic acid groups (broad SMARTS) is 1. The smallest absolute Gasteiger partial charge is 0.335 e. The molecule has 0 atom stereocenters. The van der Waals surface area contributed by atoms with E-state index in [-0.39, 0.29) is 29.6 Å². The molecular weight excluding hydrogens is 436 g/mol. The van der Waals surface area contributed by atoms with Crippen molar-refractivity contribution in [3.8, 4) is 0 Å². The predicted molar refractivity (Wildman–Crippen MR) is 123 cm³/mol. The molecule has 0 aliphatic carbocycles. The van der Waals surface area contributed by atoms with E-state index in [4.69, 9.17) is 16.7 Å². The first kappa shape index (κ1) is 22.4. The van der Waals surface area contributed by atoms with Crippen LogP contribution in [0.1, 0.15) is 15.9 Å². The summed E-state index contributed by atoms with van der Waals surface area (Å²) in [5, 5.41) is 15.2. The van der Waals surface area contributed by atoms with Crippen LogP contribution in [-0.4, -0.2) is 28.6 Å². The van der Waals surface area contributed by atoms with Gasteiger partial charge in [0.15, 0.2) is 0 Å². The second-order valence-electron chi connectivity index (χ2n) is 6.60. The van der Waals surface area contributed by atoms with Crippen LogP contribution in [0.2, 0.25) is 5.02 Å². The van der Waals surface area contributed by atoms with Gasteiger partial charge in [0.2, 0.25) is 11.8 Å². The first-order valence-electron chi connectivity index (χ1n) is 9.29. The molecular formula is C23H19ClN2O4S. The molecule has 0 aromatic heterocycles. The van der Waals surface area contributed by atoms with Crippen LogP contribution in [0.15, 0.2) is 77.7 Å². The minimum Gasteiger partial charge on any atom is -0.478 e. The van der Waals surface area contributed by atoms with E-state index in [0.717, 1.165) is 10.5 Å². The van der Waals surface area contributed by atoms with Crippen molar-refractivity contribution in [1.82, 2.24) is 0 Å². The van der Waals surface area contributed by atoms with E-state index in [0.29, 0.717) is 16.4 Å². The van der Waals surface area contributed by atoms with Crippen LogP contribution >= 0.6 is 23.4 Å². The summed E-state index contributed by atoms with van der Waals surface area (Å²) in [5.74, 6) is -1.33. The second kappa shape index (κ2) is 10.7. The number of carbonyl (C=O) groups is 3. The fraction of sp³-hybridized carbons (Fsp3) is 0.0870. The lowest BCUT2D eigenvalue weighted by Crippen LogP contribution is -2.15. The van der Waals surface area contributed by atoms with E-state index < -0.39 is 5.97 Å². The molecule has 0 radical (unpaired) electrons. The number of anilines is 2. The lowest BCUT2D eigenvalue weighted by atomic mass is 10.1. The minimum absolute atomic E-state index is 0.104. The average Bonchev–Trinajstić information content (AvgIpc) is 2.74. The molecule has 0 saturated carbocycles. The van der Waals surface area contributed by atoms with Crippen LogP contribution in [0.5, 0.6) is 0 Å². The molecule has 3 aromatic rings. The van der Waals surface area contributed by atoms with E-state index in [9.17, 15) is 14.4 Å². The van der Waals surface area contributed by atoms with Crippen molar-refractivity contribution in [3.63, 3.8) is 0 Å². The highest BCUT2D eigenvalue weighted by Crippen LogP contribution is 2.22. The monoisotopic (exact) mass is 454 g/mol. The molecule has 0 bridgehead atoms. The van der Waals surface area contributed by atoms with Gasteiger partial charge in [0, 0.05) is 21.3 Å². The molecule has 8 heteroatoms. The Hall–Kier alpha value is -3.29. The quantitative estimate of drug-likeness (QED) is 0.418. The summed E-state index contributed by atoms with van der Waals surface area (Å²) < 4.78 is 0. The van der Waals surface area contributed by atoms with Crippen molar-refractivity contribution < 1.29 is 19.5 Å². The Morgan fingerprint density at radius 2 is 1.48 bits per heavy atom. The van der Waals surface area contributed by atoms with Crippen molar-refractivity contribution >= 4 is 52.5 Å². The molecule has 2 amide bonds. The Morgan fingerprint density at radius 1 is 0.839 bits per heavy atom. The van der Waals surface area contributed by atoms with Crippen molar-refractivity contribution in [3.05, 3.63) is 88.9 Å². The van der Waals surface area contributed by atoms with Crippen molar-refractivity contribution in [2.45, 2.75) is 11.3 Å². The van der Waals surface area contributed by atoms with Gasteiger partial charge in [-0.15, -0.1) is 11.8 Å². The van der Waals surface area contributed by atoms with Crippen molar-refractivity contribution in [1.29, 1.82) is 0 Å². The number of thioether (sulfide) groups is 1. The van der Waals surface area contributed by atoms with Crippen molar-refractivity contribution in [2.24, 2.45) is 0 Å². The van der Waals surface area contributed by atoms with E-state index in [1.807, 2.05) is 6.07 Å². The Labute approximate surface area is 188 Å². The van der Waals surface area contributed by atoms with Gasteiger partial charge in [-0.3, -0.25) is 9.59 Å². The van der Waals surface area contributed by atoms with Gasteiger partial charge in [-0.1, -0.05) is 35.9 Å². The standard InChI is InChI=1S/C23H19ClN2O4S/c24-17-9-7-15(8-10-17)11-21(27)25-19-5-2-6-20(13-19)31-14-22(28)26-18-4-1-3-16(12-18)23(29)30/h1-10,12-13H,11,14H2,(H,25,27)(H,26,28)(H,29,30). The summed E-state index contributed by atoms with van der Waals surface area (Å²) in [6.45, 7) is 0. The Morgan fingerprint density at radius 3 is 2.19 bits per heavy atom. The third kappa shape index (κ3) is 7.16. The van der Waals surface area contributed by atoms with Gasteiger partial charge in [-0.25, -0.2) is 4.79 Å². The summed E-state index contributed by atoms with van der Waals surface area (Å²) in [7, 11) is 0. The number of halogens is 1. The first-order chi connectivity index (χ1) is 14.9. The molecule has 0 unspecified atom stereocenters. The number of benzene rings is 3. The number of amides is 2. The number of hydrogen-bond donors (Lipinski definition) is 3. The third-order valence-corrected chi connectivity index (χ3v) is 5.40. The average molecular weight is 455 g/mol. The molecule has 0 fully saturated rings. The fourth-order valence-corrected chi connectivity index (χ4v) is 3.61. The van der Waals surface area contributed by atoms with Crippen LogP contribution in [0.25, 0.3) is 0 Å². The summed E-state index contributed by atoms with van der Waals surface area (Å²) in [5.41, 5.74) is 2.02. The number of carbonyl (C=O) groups excluding carboxylic acids is 2. The molecule has 158 valence electrons. The number of rotatable bonds is 8. The lowest BCUT2D eigenvalue weighted by molar-refractivity contribution is -0.115. The highest BCUT2D eigenvalue weighted by Gasteiger charge is 2.09. The van der Waals surface area contributed by atoms with Gasteiger partial charge >= 0.3 is 5.97 Å². The van der Waals surface area contributed by atoms with E-state index in [1.165, 1.54) is 23.9 Å². The van der Waals surface area contributed by atoms with Crippen LogP contribution in [0, 0.1) is 0 Å². The molecule has 6 nitrogen and oxygen atoms in total. The molecule has 0 heterocycles. The van der Waals surface area contributed by atoms with Gasteiger partial charge in [-0.05, 0) is 54.1 Å². The largest absolute Gasteiger partial charge is 0.478 e. The maximum Gasteiger partial charge on any atom is 0.335 e. The summed E-state index contributed by atoms with van der Waals surface area (Å²) in [6, 6.07) is 20.4. The van der Waals surface area contributed by atoms with Crippen molar-refractivity contribution in [2.75, 3.05) is 16.4 Å². The first-order valence-corrected chi connectivity index (χ1v) is 10.7. The van der Waals surface area contributed by atoms with Gasteiger partial charge in [0.1, 0.15) is 0 Å². The summed E-state index contributed by atoms with van der Waals surface area (Å²) >= 11 is 7.17. The van der Waals surface area contributed by atoms with Gasteiger partial charge < -0.3 is 15.7 Å². The minimum atomic E-state index is -1.06. The van der Waals surface area contributed by atoms with Crippen LogP contribution in [0.3, 0.4) is 0 Å². The molecule has 0 aliphatic rings. The fourth-order valence-electron chi connectivity index (χ4n) is 2.73. The number of carboxylic acids is 1. The van der Waals surface area contributed by atoms with Crippen LogP contribution in [0.4, 0.5) is 11.4 Å². The number of aromatic carboxylic acids is 1. The van der Waals surface area contributed by atoms with Gasteiger partial charge in [0.25, 0.3) is 0 Å². The van der Waals surface area contributed by atoms with Gasteiger partial charge in [-0.2, -0.15) is 0 Å². The molecule has 3 aromatic carbocycles. The topological polar surface area (TPSA) is 95.5 Å². The predicted octanol–water partition coefficient (Wildman–Crippen LogP) is 4.95. The lowest BCUT2D eigenvalue weighted by Gasteiger charge is -2.09. The zero-order chi connectivity index (χ0) is 22.2. The van der Waals surface area contributed by atoms with Crippen LogP contribution in [-0.2, 0) is 16.0 Å². The number of hydrogen-bond acceptors (Lipinski definition) is 4. The SMILES string of the molecule is O=C(CSc1cccc(NC(=O)Cc2ccc(Cl)cc2)c1)Nc1cccc(C(=O)O)c1. The molecule has 31 heavy (non-hydrogen) atoms. The zero-order valence-corrected chi connectivity index (χ0v) is 17.9. The highest BCUT2D eigenvalue weighted by atomic mass is 35.5. The molecule has 0 aliphatic heterocycles. The van der Waals surface area contributed by atoms with E-state index in [1.54, 1.807) is 54.6 Å². The third-order valence-electron chi connectivity index (χ3n) is 4.16. The van der Waals surface area contributed by atoms with E-state index >= 15 is 0 Å². The van der Waals surface area contributed by atoms with Gasteiger partial charge in [0.05, 0.1) is 17.7 Å². The van der Waals surface area contributed by atoms with Crippen LogP contribution < -0.4 is 10.6 Å². The Kier molecular flexibility index (Phi) is 7.70. The summed E-state index contributed by atoms with van der Waals surface area (Å²) in [6.07, 6.45) is 0.229. The second-order valence-corrected chi connectivity index (χ2v) is 8.09. The molecule has 3 rings (SSSR count). The normalized spacial score (nSPS) is 10.4.